The van der Waals surface area contributed by atoms with E-state index in [4.69, 9.17) is 21.1 Å². The SMILES string of the molecule is Cc1cc(OCC(=O)OCC(=O)Nc2ccccc2C)ccc1Cl. The minimum atomic E-state index is -0.623. The Bertz CT molecular complexity index is 746. The number of ether oxygens (including phenoxy) is 2. The van der Waals surface area contributed by atoms with Crippen molar-refractivity contribution in [3.05, 3.63) is 58.6 Å². The predicted molar refractivity (Wildman–Crippen MR) is 92.5 cm³/mol. The molecule has 0 aliphatic heterocycles. The van der Waals surface area contributed by atoms with E-state index in [9.17, 15) is 9.59 Å². The van der Waals surface area contributed by atoms with Crippen LogP contribution >= 0.6 is 11.6 Å². The van der Waals surface area contributed by atoms with Crippen LogP contribution in [0.5, 0.6) is 5.75 Å². The molecule has 2 aromatic carbocycles. The van der Waals surface area contributed by atoms with Gasteiger partial charge in [0.1, 0.15) is 5.75 Å². The number of nitrogens with one attached hydrogen (secondary N) is 1. The lowest BCUT2D eigenvalue weighted by molar-refractivity contribution is -0.149. The summed E-state index contributed by atoms with van der Waals surface area (Å²) in [5.74, 6) is -0.513. The van der Waals surface area contributed by atoms with Crippen LogP contribution in [0.2, 0.25) is 5.02 Å². The summed E-state index contributed by atoms with van der Waals surface area (Å²) in [6.07, 6.45) is 0. The van der Waals surface area contributed by atoms with Crippen molar-refractivity contribution in [2.75, 3.05) is 18.5 Å². The number of amides is 1. The summed E-state index contributed by atoms with van der Waals surface area (Å²) >= 11 is 5.91. The molecular weight excluding hydrogens is 330 g/mol. The lowest BCUT2D eigenvalue weighted by atomic mass is 10.2. The molecule has 126 valence electrons. The maximum atomic E-state index is 11.8. The van der Waals surface area contributed by atoms with E-state index < -0.39 is 11.9 Å². The standard InChI is InChI=1S/C18H18ClNO4/c1-12-5-3-4-6-16(12)20-17(21)10-24-18(22)11-23-14-7-8-15(19)13(2)9-14/h3-9H,10-11H2,1-2H3,(H,20,21). The number of hydrogen-bond acceptors (Lipinski definition) is 4. The number of carbonyl (C=O) groups is 2. The molecule has 0 unspecified atom stereocenters. The number of halogens is 1. The zero-order valence-corrected chi connectivity index (χ0v) is 14.2. The second-order valence-corrected chi connectivity index (χ2v) is 5.63. The van der Waals surface area contributed by atoms with Gasteiger partial charge in [-0.3, -0.25) is 4.79 Å². The molecule has 0 heterocycles. The fraction of sp³-hybridized carbons (Fsp3) is 0.222. The predicted octanol–water partition coefficient (Wildman–Crippen LogP) is 3.52. The molecule has 0 aliphatic carbocycles. The smallest absolute Gasteiger partial charge is 0.344 e. The van der Waals surface area contributed by atoms with Crippen LogP contribution < -0.4 is 10.1 Å². The van der Waals surface area contributed by atoms with Gasteiger partial charge in [0.15, 0.2) is 13.2 Å². The van der Waals surface area contributed by atoms with E-state index in [0.29, 0.717) is 16.5 Å². The molecule has 2 rings (SSSR count). The van der Waals surface area contributed by atoms with Crippen LogP contribution in [0.15, 0.2) is 42.5 Å². The molecule has 0 aliphatic rings. The molecule has 1 N–H and O–H groups in total. The number of para-hydroxylation sites is 1. The summed E-state index contributed by atoms with van der Waals surface area (Å²) in [5, 5.41) is 3.30. The molecule has 0 aromatic heterocycles. The van der Waals surface area contributed by atoms with E-state index in [1.54, 1.807) is 24.3 Å². The Labute approximate surface area is 145 Å². The second-order valence-electron chi connectivity index (χ2n) is 5.22. The van der Waals surface area contributed by atoms with Gasteiger partial charge < -0.3 is 14.8 Å². The first-order valence-electron chi connectivity index (χ1n) is 7.36. The third-order valence-electron chi connectivity index (χ3n) is 3.27. The normalized spacial score (nSPS) is 10.1. The van der Waals surface area contributed by atoms with Gasteiger partial charge in [-0.05, 0) is 49.2 Å². The third-order valence-corrected chi connectivity index (χ3v) is 3.69. The molecule has 0 saturated heterocycles. The van der Waals surface area contributed by atoms with Crippen LogP contribution in [0.4, 0.5) is 5.69 Å². The van der Waals surface area contributed by atoms with Gasteiger partial charge in [-0.25, -0.2) is 4.79 Å². The molecular formula is C18H18ClNO4. The Morgan fingerprint density at radius 3 is 2.50 bits per heavy atom. The molecule has 0 spiro atoms. The first kappa shape index (κ1) is 17.8. The van der Waals surface area contributed by atoms with Crippen molar-refractivity contribution in [3.63, 3.8) is 0 Å². The van der Waals surface area contributed by atoms with Gasteiger partial charge in [0.05, 0.1) is 0 Å². The topological polar surface area (TPSA) is 64.6 Å². The summed E-state index contributed by atoms with van der Waals surface area (Å²) in [6, 6.07) is 12.4. The van der Waals surface area contributed by atoms with E-state index in [1.165, 1.54) is 0 Å². The van der Waals surface area contributed by atoms with Crippen LogP contribution in [-0.4, -0.2) is 25.1 Å². The Balaban J connectivity index is 1.75. The Kier molecular flexibility index (Phi) is 6.21. The fourth-order valence-corrected chi connectivity index (χ4v) is 2.05. The summed E-state index contributed by atoms with van der Waals surface area (Å²) in [4.78, 5) is 23.4. The average molecular weight is 348 g/mol. The number of hydrogen-bond donors (Lipinski definition) is 1. The van der Waals surface area contributed by atoms with Crippen LogP contribution in [0, 0.1) is 13.8 Å². The molecule has 0 fully saturated rings. The zero-order valence-electron chi connectivity index (χ0n) is 13.5. The van der Waals surface area contributed by atoms with E-state index in [2.05, 4.69) is 5.32 Å². The Morgan fingerprint density at radius 1 is 1.04 bits per heavy atom. The molecule has 1 amide bonds. The molecule has 6 heteroatoms. The fourth-order valence-electron chi connectivity index (χ4n) is 1.94. The highest BCUT2D eigenvalue weighted by atomic mass is 35.5. The number of anilines is 1. The Hall–Kier alpha value is -2.53. The van der Waals surface area contributed by atoms with E-state index in [1.807, 2.05) is 32.0 Å². The van der Waals surface area contributed by atoms with E-state index in [0.717, 1.165) is 11.1 Å². The van der Waals surface area contributed by atoms with Crippen LogP contribution in [0.1, 0.15) is 11.1 Å². The number of aryl methyl sites for hydroxylation is 2. The highest BCUT2D eigenvalue weighted by Gasteiger charge is 2.10. The van der Waals surface area contributed by atoms with Gasteiger partial charge in [0.25, 0.3) is 5.91 Å². The Morgan fingerprint density at radius 2 is 1.79 bits per heavy atom. The first-order chi connectivity index (χ1) is 11.5. The van der Waals surface area contributed by atoms with Crippen LogP contribution in [0.3, 0.4) is 0 Å². The summed E-state index contributed by atoms with van der Waals surface area (Å²) in [6.45, 7) is 3.07. The van der Waals surface area contributed by atoms with Crippen molar-refractivity contribution in [1.29, 1.82) is 0 Å². The van der Waals surface area contributed by atoms with Crippen LogP contribution in [-0.2, 0) is 14.3 Å². The third kappa shape index (κ3) is 5.28. The van der Waals surface area contributed by atoms with Crippen molar-refractivity contribution in [2.24, 2.45) is 0 Å². The lowest BCUT2D eigenvalue weighted by Gasteiger charge is -2.10. The maximum Gasteiger partial charge on any atom is 0.344 e. The molecule has 2 aromatic rings. The second kappa shape index (κ2) is 8.36. The van der Waals surface area contributed by atoms with Crippen molar-refractivity contribution in [1.82, 2.24) is 0 Å². The molecule has 0 radical (unpaired) electrons. The quantitative estimate of drug-likeness (QED) is 0.812. The van der Waals surface area contributed by atoms with Gasteiger partial charge in [-0.2, -0.15) is 0 Å². The van der Waals surface area contributed by atoms with Gasteiger partial charge in [0, 0.05) is 10.7 Å². The van der Waals surface area contributed by atoms with Gasteiger partial charge >= 0.3 is 5.97 Å². The molecule has 24 heavy (non-hydrogen) atoms. The number of esters is 1. The van der Waals surface area contributed by atoms with Crippen molar-refractivity contribution < 1.29 is 19.1 Å². The van der Waals surface area contributed by atoms with Gasteiger partial charge in [0.2, 0.25) is 0 Å². The monoisotopic (exact) mass is 347 g/mol. The van der Waals surface area contributed by atoms with Crippen molar-refractivity contribution in [3.8, 4) is 5.75 Å². The first-order valence-corrected chi connectivity index (χ1v) is 7.73. The summed E-state index contributed by atoms with van der Waals surface area (Å²) in [7, 11) is 0. The molecule has 0 atom stereocenters. The minimum absolute atomic E-state index is 0.279. The average Bonchev–Trinajstić information content (AvgIpc) is 2.56. The summed E-state index contributed by atoms with van der Waals surface area (Å²) < 4.78 is 10.2. The zero-order chi connectivity index (χ0) is 17.5. The van der Waals surface area contributed by atoms with Crippen LogP contribution in [0.25, 0.3) is 0 Å². The lowest BCUT2D eigenvalue weighted by Crippen LogP contribution is -2.23. The van der Waals surface area contributed by atoms with Crippen molar-refractivity contribution >= 4 is 29.2 Å². The van der Waals surface area contributed by atoms with Gasteiger partial charge in [-0.1, -0.05) is 29.8 Å². The molecule has 0 bridgehead atoms. The highest BCUT2D eigenvalue weighted by molar-refractivity contribution is 6.31. The highest BCUT2D eigenvalue weighted by Crippen LogP contribution is 2.21. The minimum Gasteiger partial charge on any atom is -0.482 e. The number of benzene rings is 2. The van der Waals surface area contributed by atoms with Crippen molar-refractivity contribution in [2.45, 2.75) is 13.8 Å². The van der Waals surface area contributed by atoms with E-state index in [-0.39, 0.29) is 13.2 Å². The largest absolute Gasteiger partial charge is 0.482 e. The molecule has 0 saturated carbocycles. The molecule has 5 nitrogen and oxygen atoms in total. The van der Waals surface area contributed by atoms with Gasteiger partial charge in [-0.15, -0.1) is 0 Å². The summed E-state index contributed by atoms with van der Waals surface area (Å²) in [5.41, 5.74) is 2.46. The van der Waals surface area contributed by atoms with E-state index >= 15 is 0 Å². The maximum absolute atomic E-state index is 11.8. The number of rotatable bonds is 6. The number of carbonyl (C=O) groups excluding carboxylic acids is 2.